The highest BCUT2D eigenvalue weighted by Gasteiger charge is 2.47. The number of likely N-dealkylation sites (tertiary alicyclic amines) is 1. The van der Waals surface area contributed by atoms with Crippen LogP contribution in [-0.2, 0) is 14.4 Å². The Labute approximate surface area is 151 Å². The Balaban J connectivity index is 1.60. The Morgan fingerprint density at radius 1 is 1.24 bits per heavy atom. The van der Waals surface area contributed by atoms with E-state index in [1.54, 1.807) is 18.2 Å². The van der Waals surface area contributed by atoms with E-state index in [9.17, 15) is 14.4 Å². The maximum Gasteiger partial charge on any atom is 0.233 e. The van der Waals surface area contributed by atoms with E-state index < -0.39 is 0 Å². The van der Waals surface area contributed by atoms with Gasteiger partial charge < -0.3 is 10.1 Å². The molecule has 3 amide bonds. The Hall–Kier alpha value is -2.08. The second-order valence-corrected chi connectivity index (χ2v) is 6.90. The number of hydrogen-bond donors (Lipinski definition) is 1. The summed E-state index contributed by atoms with van der Waals surface area (Å²) in [7, 11) is 1.50. The number of halogens is 1. The third kappa shape index (κ3) is 3.63. The lowest BCUT2D eigenvalue weighted by atomic mass is 9.81. The van der Waals surface area contributed by atoms with Crippen LogP contribution >= 0.6 is 11.6 Å². The van der Waals surface area contributed by atoms with Crippen molar-refractivity contribution in [2.24, 2.45) is 11.8 Å². The van der Waals surface area contributed by atoms with Crippen molar-refractivity contribution in [2.45, 2.75) is 32.1 Å². The number of carbonyl (C=O) groups is 3. The molecule has 1 saturated heterocycles. The van der Waals surface area contributed by atoms with Crippen LogP contribution < -0.4 is 10.1 Å². The van der Waals surface area contributed by atoms with Gasteiger partial charge in [-0.2, -0.15) is 0 Å². The number of fused-ring (bicyclic) bond motifs is 1. The van der Waals surface area contributed by atoms with E-state index in [0.717, 1.165) is 25.7 Å². The topological polar surface area (TPSA) is 75.7 Å². The zero-order valence-corrected chi connectivity index (χ0v) is 14.8. The normalized spacial score (nSPS) is 22.7. The Morgan fingerprint density at radius 3 is 2.48 bits per heavy atom. The third-order valence-electron chi connectivity index (χ3n) is 4.93. The number of nitrogens with one attached hydrogen (secondary N) is 1. The first-order chi connectivity index (χ1) is 12.0. The van der Waals surface area contributed by atoms with Crippen molar-refractivity contribution in [1.82, 2.24) is 4.90 Å². The molecule has 0 aromatic heterocycles. The predicted molar refractivity (Wildman–Crippen MR) is 93.4 cm³/mol. The molecule has 0 spiro atoms. The van der Waals surface area contributed by atoms with Crippen LogP contribution in [0.5, 0.6) is 5.75 Å². The fourth-order valence-electron chi connectivity index (χ4n) is 3.66. The van der Waals surface area contributed by atoms with Crippen molar-refractivity contribution in [1.29, 1.82) is 0 Å². The highest BCUT2D eigenvalue weighted by Crippen LogP contribution is 2.38. The van der Waals surface area contributed by atoms with Crippen molar-refractivity contribution in [3.63, 3.8) is 0 Å². The molecule has 7 heteroatoms. The molecule has 0 radical (unpaired) electrons. The molecule has 0 bridgehead atoms. The van der Waals surface area contributed by atoms with Crippen LogP contribution in [0.2, 0.25) is 5.02 Å². The van der Waals surface area contributed by atoms with E-state index in [1.807, 2.05) is 0 Å². The SMILES string of the molecule is COc1ccc(Cl)cc1NC(=O)CCN1C(=O)[C@@H]2CCCC[C@H]2C1=O. The van der Waals surface area contributed by atoms with Gasteiger partial charge in [-0.25, -0.2) is 0 Å². The van der Waals surface area contributed by atoms with Crippen molar-refractivity contribution in [3.8, 4) is 5.75 Å². The molecular formula is C18H21ClN2O4. The van der Waals surface area contributed by atoms with E-state index in [2.05, 4.69) is 5.32 Å². The molecule has 1 N–H and O–H groups in total. The van der Waals surface area contributed by atoms with Gasteiger partial charge in [0, 0.05) is 18.0 Å². The first kappa shape index (κ1) is 17.7. The monoisotopic (exact) mass is 364 g/mol. The fraction of sp³-hybridized carbons (Fsp3) is 0.500. The van der Waals surface area contributed by atoms with E-state index in [4.69, 9.17) is 16.3 Å². The number of nitrogens with zero attached hydrogens (tertiary/aromatic N) is 1. The van der Waals surface area contributed by atoms with Crippen molar-refractivity contribution in [3.05, 3.63) is 23.2 Å². The summed E-state index contributed by atoms with van der Waals surface area (Å²) in [6, 6.07) is 4.93. The molecule has 2 atom stereocenters. The van der Waals surface area contributed by atoms with Gasteiger partial charge in [0.2, 0.25) is 17.7 Å². The molecule has 1 aromatic rings. The second-order valence-electron chi connectivity index (χ2n) is 6.47. The third-order valence-corrected chi connectivity index (χ3v) is 5.17. The number of amides is 3. The standard InChI is InChI=1S/C18H21ClN2O4/c1-25-15-7-6-11(19)10-14(15)20-16(22)8-9-21-17(23)12-4-2-3-5-13(12)18(21)24/h6-7,10,12-13H,2-5,8-9H2,1H3,(H,20,22)/t12-,13-/m1/s1. The summed E-state index contributed by atoms with van der Waals surface area (Å²) in [5.41, 5.74) is 0.466. The molecule has 1 aliphatic carbocycles. The lowest BCUT2D eigenvalue weighted by molar-refractivity contribution is -0.140. The zero-order valence-electron chi connectivity index (χ0n) is 14.1. The average molecular weight is 365 g/mol. The Kier molecular flexibility index (Phi) is 5.27. The minimum Gasteiger partial charge on any atom is -0.495 e. The summed E-state index contributed by atoms with van der Waals surface area (Å²) in [4.78, 5) is 38.3. The van der Waals surface area contributed by atoms with E-state index in [-0.39, 0.29) is 42.5 Å². The molecule has 2 aliphatic rings. The summed E-state index contributed by atoms with van der Waals surface area (Å²) in [6.07, 6.45) is 3.58. The molecule has 3 rings (SSSR count). The Morgan fingerprint density at radius 2 is 1.88 bits per heavy atom. The Bertz CT molecular complexity index is 682. The van der Waals surface area contributed by atoms with Gasteiger partial charge in [0.05, 0.1) is 24.6 Å². The van der Waals surface area contributed by atoms with Gasteiger partial charge in [0.1, 0.15) is 5.75 Å². The van der Waals surface area contributed by atoms with Crippen LogP contribution in [0.3, 0.4) is 0 Å². The molecule has 0 unspecified atom stereocenters. The smallest absolute Gasteiger partial charge is 0.233 e. The van der Waals surface area contributed by atoms with Crippen LogP contribution in [0.1, 0.15) is 32.1 Å². The number of imide groups is 1. The van der Waals surface area contributed by atoms with Gasteiger partial charge in [-0.05, 0) is 31.0 Å². The maximum atomic E-state index is 12.4. The quantitative estimate of drug-likeness (QED) is 0.815. The molecule has 25 heavy (non-hydrogen) atoms. The summed E-state index contributed by atoms with van der Waals surface area (Å²) < 4.78 is 5.19. The van der Waals surface area contributed by atoms with Gasteiger partial charge in [-0.3, -0.25) is 19.3 Å². The van der Waals surface area contributed by atoms with E-state index in [0.29, 0.717) is 16.5 Å². The number of benzene rings is 1. The zero-order chi connectivity index (χ0) is 18.0. The minimum atomic E-state index is -0.295. The maximum absolute atomic E-state index is 12.4. The van der Waals surface area contributed by atoms with Gasteiger partial charge in [-0.1, -0.05) is 24.4 Å². The van der Waals surface area contributed by atoms with Crippen LogP contribution in [0.15, 0.2) is 18.2 Å². The molecule has 1 aliphatic heterocycles. The summed E-state index contributed by atoms with van der Waals surface area (Å²) in [5.74, 6) is -0.409. The van der Waals surface area contributed by atoms with Gasteiger partial charge in [0.15, 0.2) is 0 Å². The van der Waals surface area contributed by atoms with Gasteiger partial charge >= 0.3 is 0 Å². The number of rotatable bonds is 5. The number of ether oxygens (including phenoxy) is 1. The highest BCUT2D eigenvalue weighted by atomic mass is 35.5. The van der Waals surface area contributed by atoms with Crippen molar-refractivity contribution < 1.29 is 19.1 Å². The molecule has 1 aromatic carbocycles. The molecule has 2 fully saturated rings. The summed E-state index contributed by atoms with van der Waals surface area (Å²) in [6.45, 7) is 0.110. The number of hydrogen-bond acceptors (Lipinski definition) is 4. The number of methoxy groups -OCH3 is 1. The van der Waals surface area contributed by atoms with Crippen LogP contribution in [0, 0.1) is 11.8 Å². The van der Waals surface area contributed by atoms with Crippen LogP contribution in [0.25, 0.3) is 0 Å². The largest absolute Gasteiger partial charge is 0.495 e. The predicted octanol–water partition coefficient (Wildman–Crippen LogP) is 2.85. The van der Waals surface area contributed by atoms with Crippen LogP contribution in [0.4, 0.5) is 5.69 Å². The molecule has 1 heterocycles. The number of anilines is 1. The van der Waals surface area contributed by atoms with Crippen LogP contribution in [-0.4, -0.2) is 36.3 Å². The van der Waals surface area contributed by atoms with Gasteiger partial charge in [0.25, 0.3) is 0 Å². The first-order valence-corrected chi connectivity index (χ1v) is 8.87. The minimum absolute atomic E-state index is 0.0482. The van der Waals surface area contributed by atoms with Crippen molar-refractivity contribution >= 4 is 35.0 Å². The highest BCUT2D eigenvalue weighted by molar-refractivity contribution is 6.31. The summed E-state index contributed by atoms with van der Waals surface area (Å²) >= 11 is 5.94. The molecule has 6 nitrogen and oxygen atoms in total. The second kappa shape index (κ2) is 7.44. The number of carbonyl (C=O) groups excluding carboxylic acids is 3. The first-order valence-electron chi connectivity index (χ1n) is 8.50. The summed E-state index contributed by atoms with van der Waals surface area (Å²) in [5, 5.41) is 3.20. The van der Waals surface area contributed by atoms with E-state index in [1.165, 1.54) is 12.0 Å². The lowest BCUT2D eigenvalue weighted by Crippen LogP contribution is -2.34. The average Bonchev–Trinajstić information content (AvgIpc) is 2.85. The molecular weight excluding hydrogens is 344 g/mol. The van der Waals surface area contributed by atoms with E-state index >= 15 is 0 Å². The van der Waals surface area contributed by atoms with Crippen molar-refractivity contribution in [2.75, 3.05) is 19.0 Å². The lowest BCUT2D eigenvalue weighted by Gasteiger charge is -2.19. The fourth-order valence-corrected chi connectivity index (χ4v) is 3.83. The molecule has 134 valence electrons. The van der Waals surface area contributed by atoms with Gasteiger partial charge in [-0.15, -0.1) is 0 Å². The molecule has 1 saturated carbocycles.